The highest BCUT2D eigenvalue weighted by Crippen LogP contribution is 2.35. The van der Waals surface area contributed by atoms with Crippen molar-refractivity contribution in [3.8, 4) is 0 Å². The zero-order valence-electron chi connectivity index (χ0n) is 13.0. The molecule has 23 heavy (non-hydrogen) atoms. The summed E-state index contributed by atoms with van der Waals surface area (Å²) in [6.45, 7) is 5.06. The maximum atomic E-state index is 5.90. The number of hydrogen-bond donors (Lipinski definition) is 0. The lowest BCUT2D eigenvalue weighted by Crippen LogP contribution is -2.41. The second-order valence-electron chi connectivity index (χ2n) is 6.24. The molecular formula is C16H20N6O. The first-order valence-corrected chi connectivity index (χ1v) is 7.96. The number of anilines is 2. The summed E-state index contributed by atoms with van der Waals surface area (Å²) in [7, 11) is 0. The predicted molar refractivity (Wildman–Crippen MR) is 86.4 cm³/mol. The minimum atomic E-state index is 0.0783. The average Bonchev–Trinajstić information content (AvgIpc) is 2.91. The maximum Gasteiger partial charge on any atom is 0.225 e. The standard InChI is InChI=1S/C16H20N6O/c1-4-17-14(18-5-1)21-8-3-16(11-21)12-22(9-10-23-13-16)15-19-6-2-7-20-15/h1-2,4-7H,3,8-13H2. The van der Waals surface area contributed by atoms with Crippen LogP contribution in [0.5, 0.6) is 0 Å². The Balaban J connectivity index is 1.53. The van der Waals surface area contributed by atoms with Crippen molar-refractivity contribution in [1.82, 2.24) is 19.9 Å². The lowest BCUT2D eigenvalue weighted by atomic mass is 9.87. The van der Waals surface area contributed by atoms with E-state index in [-0.39, 0.29) is 5.41 Å². The van der Waals surface area contributed by atoms with Crippen molar-refractivity contribution in [2.45, 2.75) is 6.42 Å². The van der Waals surface area contributed by atoms with Crippen molar-refractivity contribution >= 4 is 11.9 Å². The molecule has 1 unspecified atom stereocenters. The van der Waals surface area contributed by atoms with Crippen LogP contribution in [-0.4, -0.2) is 59.3 Å². The van der Waals surface area contributed by atoms with Crippen LogP contribution in [0, 0.1) is 5.41 Å². The topological polar surface area (TPSA) is 67.3 Å². The molecule has 4 rings (SSSR count). The Morgan fingerprint density at radius 3 is 2.00 bits per heavy atom. The number of ether oxygens (including phenoxy) is 1. The van der Waals surface area contributed by atoms with Gasteiger partial charge in [-0.25, -0.2) is 19.9 Å². The van der Waals surface area contributed by atoms with Crippen LogP contribution in [-0.2, 0) is 4.74 Å². The van der Waals surface area contributed by atoms with Crippen LogP contribution < -0.4 is 9.80 Å². The average molecular weight is 312 g/mol. The molecule has 0 aromatic carbocycles. The molecule has 0 radical (unpaired) electrons. The minimum absolute atomic E-state index is 0.0783. The third-order valence-corrected chi connectivity index (χ3v) is 4.55. The highest BCUT2D eigenvalue weighted by Gasteiger charge is 2.42. The van der Waals surface area contributed by atoms with Gasteiger partial charge in [-0.3, -0.25) is 0 Å². The molecule has 7 heteroatoms. The molecule has 0 N–H and O–H groups in total. The Bertz CT molecular complexity index is 640. The largest absolute Gasteiger partial charge is 0.379 e. The van der Waals surface area contributed by atoms with Crippen LogP contribution in [0.25, 0.3) is 0 Å². The summed E-state index contributed by atoms with van der Waals surface area (Å²) in [4.78, 5) is 22.0. The van der Waals surface area contributed by atoms with Gasteiger partial charge in [-0.2, -0.15) is 0 Å². The summed E-state index contributed by atoms with van der Waals surface area (Å²) in [6, 6.07) is 3.69. The normalized spacial score (nSPS) is 24.9. The Morgan fingerprint density at radius 1 is 0.826 bits per heavy atom. The summed E-state index contributed by atoms with van der Waals surface area (Å²) < 4.78 is 5.90. The van der Waals surface area contributed by atoms with Gasteiger partial charge in [0.2, 0.25) is 11.9 Å². The highest BCUT2D eigenvalue weighted by molar-refractivity contribution is 5.35. The van der Waals surface area contributed by atoms with Crippen molar-refractivity contribution in [2.24, 2.45) is 5.41 Å². The van der Waals surface area contributed by atoms with E-state index in [0.29, 0.717) is 6.61 Å². The SMILES string of the molecule is c1cnc(N2CCOCC3(CCN(c4ncccn4)C3)C2)nc1. The summed E-state index contributed by atoms with van der Waals surface area (Å²) in [5.41, 5.74) is 0.0783. The van der Waals surface area contributed by atoms with Gasteiger partial charge >= 0.3 is 0 Å². The quantitative estimate of drug-likeness (QED) is 0.819. The van der Waals surface area contributed by atoms with Crippen LogP contribution in [0.15, 0.2) is 36.9 Å². The van der Waals surface area contributed by atoms with E-state index in [9.17, 15) is 0 Å². The summed E-state index contributed by atoms with van der Waals surface area (Å²) >= 11 is 0. The van der Waals surface area contributed by atoms with Crippen LogP contribution in [0.4, 0.5) is 11.9 Å². The molecule has 2 fully saturated rings. The molecule has 7 nitrogen and oxygen atoms in total. The van der Waals surface area contributed by atoms with E-state index in [1.165, 1.54) is 0 Å². The second-order valence-corrected chi connectivity index (χ2v) is 6.24. The van der Waals surface area contributed by atoms with Gasteiger partial charge in [0.05, 0.1) is 13.2 Å². The van der Waals surface area contributed by atoms with Gasteiger partial charge in [-0.15, -0.1) is 0 Å². The van der Waals surface area contributed by atoms with Gasteiger partial charge in [0.15, 0.2) is 0 Å². The number of rotatable bonds is 2. The van der Waals surface area contributed by atoms with E-state index in [1.54, 1.807) is 24.8 Å². The van der Waals surface area contributed by atoms with E-state index < -0.39 is 0 Å². The molecule has 0 aliphatic carbocycles. The van der Waals surface area contributed by atoms with Crippen molar-refractivity contribution in [1.29, 1.82) is 0 Å². The Morgan fingerprint density at radius 2 is 1.39 bits per heavy atom. The summed E-state index contributed by atoms with van der Waals surface area (Å²) in [6.07, 6.45) is 8.23. The minimum Gasteiger partial charge on any atom is -0.379 e. The van der Waals surface area contributed by atoms with E-state index in [0.717, 1.165) is 51.1 Å². The molecule has 4 heterocycles. The van der Waals surface area contributed by atoms with E-state index in [2.05, 4.69) is 29.7 Å². The van der Waals surface area contributed by atoms with Crippen molar-refractivity contribution in [3.63, 3.8) is 0 Å². The first-order valence-electron chi connectivity index (χ1n) is 7.96. The fourth-order valence-corrected chi connectivity index (χ4v) is 3.43. The molecule has 2 aromatic rings. The molecule has 2 aliphatic rings. The van der Waals surface area contributed by atoms with Crippen molar-refractivity contribution in [2.75, 3.05) is 49.2 Å². The molecule has 120 valence electrons. The molecule has 0 saturated carbocycles. The fourth-order valence-electron chi connectivity index (χ4n) is 3.43. The van der Waals surface area contributed by atoms with Gasteiger partial charge in [0.1, 0.15) is 0 Å². The maximum absolute atomic E-state index is 5.90. The Hall–Kier alpha value is -2.28. The monoisotopic (exact) mass is 312 g/mol. The smallest absolute Gasteiger partial charge is 0.225 e. The summed E-state index contributed by atoms with van der Waals surface area (Å²) in [5, 5.41) is 0. The molecule has 0 bridgehead atoms. The number of aromatic nitrogens is 4. The molecule has 1 spiro atoms. The van der Waals surface area contributed by atoms with Gasteiger partial charge in [0.25, 0.3) is 0 Å². The zero-order valence-corrected chi connectivity index (χ0v) is 13.0. The van der Waals surface area contributed by atoms with Gasteiger partial charge in [0, 0.05) is 56.4 Å². The van der Waals surface area contributed by atoms with Crippen molar-refractivity contribution < 1.29 is 4.74 Å². The van der Waals surface area contributed by atoms with Crippen LogP contribution in [0.2, 0.25) is 0 Å². The lowest BCUT2D eigenvalue weighted by Gasteiger charge is -2.31. The van der Waals surface area contributed by atoms with Gasteiger partial charge < -0.3 is 14.5 Å². The molecule has 2 aromatic heterocycles. The number of hydrogen-bond acceptors (Lipinski definition) is 7. The van der Waals surface area contributed by atoms with E-state index in [1.807, 2.05) is 12.1 Å². The first kappa shape index (κ1) is 14.3. The lowest BCUT2D eigenvalue weighted by molar-refractivity contribution is 0.0812. The third-order valence-electron chi connectivity index (χ3n) is 4.55. The van der Waals surface area contributed by atoms with E-state index >= 15 is 0 Å². The fraction of sp³-hybridized carbons (Fsp3) is 0.500. The van der Waals surface area contributed by atoms with Gasteiger partial charge in [-0.05, 0) is 18.6 Å². The number of nitrogens with zero attached hydrogens (tertiary/aromatic N) is 6. The summed E-state index contributed by atoms with van der Waals surface area (Å²) in [5.74, 6) is 1.59. The highest BCUT2D eigenvalue weighted by atomic mass is 16.5. The van der Waals surface area contributed by atoms with Crippen LogP contribution in [0.1, 0.15) is 6.42 Å². The Labute approximate surface area is 135 Å². The molecular weight excluding hydrogens is 292 g/mol. The van der Waals surface area contributed by atoms with Gasteiger partial charge in [-0.1, -0.05) is 0 Å². The second kappa shape index (κ2) is 6.08. The van der Waals surface area contributed by atoms with Crippen LogP contribution in [0.3, 0.4) is 0 Å². The molecule has 2 saturated heterocycles. The third kappa shape index (κ3) is 2.96. The molecule has 2 aliphatic heterocycles. The van der Waals surface area contributed by atoms with E-state index in [4.69, 9.17) is 4.74 Å². The molecule has 0 amide bonds. The first-order chi connectivity index (χ1) is 11.3. The Kier molecular flexibility index (Phi) is 3.78. The van der Waals surface area contributed by atoms with Crippen molar-refractivity contribution in [3.05, 3.63) is 36.9 Å². The predicted octanol–water partition coefficient (Wildman–Crippen LogP) is 1.000. The molecule has 1 atom stereocenters. The zero-order chi connectivity index (χ0) is 15.5. The van der Waals surface area contributed by atoms with Crippen LogP contribution >= 0.6 is 0 Å².